The average molecular weight is 422 g/mol. The molecular formula is C19H22N2O7S. The lowest BCUT2D eigenvalue weighted by atomic mass is 10.1. The van der Waals surface area contributed by atoms with E-state index >= 15 is 0 Å². The van der Waals surface area contributed by atoms with Crippen LogP contribution < -0.4 is 5.32 Å². The van der Waals surface area contributed by atoms with Gasteiger partial charge < -0.3 is 10.1 Å². The SMILES string of the molecule is CCCCN1C(=O)c2ccc(C(=O)OCC(=O)NC3CCS(=O)(=O)C3)cc2C1=O. The Hall–Kier alpha value is -2.75. The van der Waals surface area contributed by atoms with Gasteiger partial charge in [-0.2, -0.15) is 0 Å². The number of ether oxygens (including phenoxy) is 1. The summed E-state index contributed by atoms with van der Waals surface area (Å²) < 4.78 is 27.8. The number of carbonyl (C=O) groups is 4. The van der Waals surface area contributed by atoms with Crippen molar-refractivity contribution in [1.82, 2.24) is 10.2 Å². The van der Waals surface area contributed by atoms with Crippen LogP contribution in [0.15, 0.2) is 18.2 Å². The monoisotopic (exact) mass is 422 g/mol. The first-order valence-electron chi connectivity index (χ1n) is 9.39. The van der Waals surface area contributed by atoms with Crippen LogP contribution in [0.1, 0.15) is 57.3 Å². The molecule has 1 aromatic rings. The van der Waals surface area contributed by atoms with E-state index in [0.29, 0.717) is 19.4 Å². The second kappa shape index (κ2) is 8.32. The number of rotatable bonds is 7. The number of carbonyl (C=O) groups excluding carboxylic acids is 4. The molecule has 3 amide bonds. The first kappa shape index (κ1) is 21.0. The van der Waals surface area contributed by atoms with Crippen molar-refractivity contribution >= 4 is 33.5 Å². The van der Waals surface area contributed by atoms with E-state index in [0.717, 1.165) is 11.3 Å². The molecule has 0 aliphatic carbocycles. The number of nitrogens with one attached hydrogen (secondary N) is 1. The summed E-state index contributed by atoms with van der Waals surface area (Å²) in [4.78, 5) is 50.0. The Morgan fingerprint density at radius 3 is 2.59 bits per heavy atom. The van der Waals surface area contributed by atoms with Crippen molar-refractivity contribution in [2.24, 2.45) is 0 Å². The minimum absolute atomic E-state index is 0.0227. The number of hydrogen-bond donors (Lipinski definition) is 1. The van der Waals surface area contributed by atoms with Gasteiger partial charge in [0.25, 0.3) is 17.7 Å². The van der Waals surface area contributed by atoms with E-state index in [-0.39, 0.29) is 34.1 Å². The lowest BCUT2D eigenvalue weighted by molar-refractivity contribution is -0.124. The highest BCUT2D eigenvalue weighted by Gasteiger charge is 2.35. The molecule has 1 fully saturated rings. The topological polar surface area (TPSA) is 127 Å². The smallest absolute Gasteiger partial charge is 0.338 e. The second-order valence-electron chi connectivity index (χ2n) is 7.12. The maximum atomic E-state index is 12.4. The summed E-state index contributed by atoms with van der Waals surface area (Å²) in [5.41, 5.74) is 0.433. The lowest BCUT2D eigenvalue weighted by Gasteiger charge is -2.12. The maximum absolute atomic E-state index is 12.4. The van der Waals surface area contributed by atoms with Crippen molar-refractivity contribution in [1.29, 1.82) is 0 Å². The molecule has 29 heavy (non-hydrogen) atoms. The van der Waals surface area contributed by atoms with E-state index in [4.69, 9.17) is 4.74 Å². The summed E-state index contributed by atoms with van der Waals surface area (Å²) in [7, 11) is -3.13. The molecule has 3 rings (SSSR count). The van der Waals surface area contributed by atoms with Gasteiger partial charge in [-0.15, -0.1) is 0 Å². The summed E-state index contributed by atoms with van der Waals surface area (Å²) >= 11 is 0. The number of hydrogen-bond acceptors (Lipinski definition) is 7. The van der Waals surface area contributed by atoms with Crippen LogP contribution in [0, 0.1) is 0 Å². The second-order valence-corrected chi connectivity index (χ2v) is 9.35. The zero-order valence-corrected chi connectivity index (χ0v) is 16.8. The average Bonchev–Trinajstić information content (AvgIpc) is 3.14. The Balaban J connectivity index is 1.59. The zero-order chi connectivity index (χ0) is 21.2. The molecule has 1 atom stereocenters. The van der Waals surface area contributed by atoms with Gasteiger partial charge in [0, 0.05) is 12.6 Å². The van der Waals surface area contributed by atoms with Crippen molar-refractivity contribution in [3.8, 4) is 0 Å². The van der Waals surface area contributed by atoms with Crippen molar-refractivity contribution in [3.63, 3.8) is 0 Å². The molecule has 0 saturated carbocycles. The Kier molecular flexibility index (Phi) is 6.02. The molecule has 2 heterocycles. The Bertz CT molecular complexity index is 971. The number of amides is 3. The molecule has 1 aromatic carbocycles. The molecular weight excluding hydrogens is 400 g/mol. The minimum atomic E-state index is -3.13. The molecule has 156 valence electrons. The highest BCUT2D eigenvalue weighted by Crippen LogP contribution is 2.24. The Morgan fingerprint density at radius 2 is 1.93 bits per heavy atom. The molecule has 2 aliphatic heterocycles. The van der Waals surface area contributed by atoms with Gasteiger partial charge in [-0.05, 0) is 31.0 Å². The van der Waals surface area contributed by atoms with Crippen LogP contribution in [0.3, 0.4) is 0 Å². The Labute approximate surface area is 168 Å². The molecule has 0 bridgehead atoms. The summed E-state index contributed by atoms with van der Waals surface area (Å²) in [6, 6.07) is 3.59. The fourth-order valence-electron chi connectivity index (χ4n) is 3.33. The van der Waals surface area contributed by atoms with Crippen LogP contribution in [0.2, 0.25) is 0 Å². The number of fused-ring (bicyclic) bond motifs is 1. The summed E-state index contributed by atoms with van der Waals surface area (Å²) in [5, 5.41) is 2.52. The van der Waals surface area contributed by atoms with Crippen molar-refractivity contribution in [2.75, 3.05) is 24.7 Å². The normalized spacial score (nSPS) is 19.9. The van der Waals surface area contributed by atoms with Crippen LogP contribution in [0.5, 0.6) is 0 Å². The van der Waals surface area contributed by atoms with Gasteiger partial charge in [-0.1, -0.05) is 13.3 Å². The van der Waals surface area contributed by atoms with Crippen molar-refractivity contribution < 1.29 is 32.3 Å². The third-order valence-corrected chi connectivity index (χ3v) is 6.64. The van der Waals surface area contributed by atoms with Gasteiger partial charge in [0.1, 0.15) is 0 Å². The fourth-order valence-corrected chi connectivity index (χ4v) is 5.00. The molecule has 2 aliphatic rings. The Morgan fingerprint density at radius 1 is 1.21 bits per heavy atom. The van der Waals surface area contributed by atoms with Crippen molar-refractivity contribution in [3.05, 3.63) is 34.9 Å². The van der Waals surface area contributed by atoms with Crippen molar-refractivity contribution in [2.45, 2.75) is 32.2 Å². The number of unbranched alkanes of at least 4 members (excludes halogenated alkanes) is 1. The number of sulfone groups is 1. The first-order valence-corrected chi connectivity index (χ1v) is 11.2. The van der Waals surface area contributed by atoms with E-state index in [2.05, 4.69) is 5.32 Å². The molecule has 0 radical (unpaired) electrons. The van der Waals surface area contributed by atoms with Crippen LogP contribution in [-0.4, -0.2) is 67.7 Å². The minimum Gasteiger partial charge on any atom is -0.452 e. The molecule has 10 heteroatoms. The van der Waals surface area contributed by atoms with Gasteiger partial charge in [0.05, 0.1) is 28.2 Å². The molecule has 1 N–H and O–H groups in total. The van der Waals surface area contributed by atoms with E-state index in [1.54, 1.807) is 0 Å². The number of benzene rings is 1. The van der Waals surface area contributed by atoms with E-state index < -0.39 is 40.3 Å². The summed E-state index contributed by atoms with van der Waals surface area (Å²) in [6.45, 7) is 1.70. The third kappa shape index (κ3) is 4.64. The highest BCUT2D eigenvalue weighted by atomic mass is 32.2. The summed E-state index contributed by atoms with van der Waals surface area (Å²) in [5.74, 6) is -2.35. The van der Waals surface area contributed by atoms with Crippen LogP contribution >= 0.6 is 0 Å². The molecule has 1 saturated heterocycles. The zero-order valence-electron chi connectivity index (χ0n) is 16.0. The van der Waals surface area contributed by atoms with Gasteiger partial charge in [0.15, 0.2) is 16.4 Å². The number of esters is 1. The molecule has 0 spiro atoms. The third-order valence-electron chi connectivity index (χ3n) is 4.87. The van der Waals surface area contributed by atoms with E-state index in [1.807, 2.05) is 6.92 Å². The van der Waals surface area contributed by atoms with E-state index in [9.17, 15) is 27.6 Å². The van der Waals surface area contributed by atoms with Crippen LogP contribution in [-0.2, 0) is 19.4 Å². The van der Waals surface area contributed by atoms with Gasteiger partial charge in [-0.3, -0.25) is 19.3 Å². The van der Waals surface area contributed by atoms with Gasteiger partial charge in [-0.25, -0.2) is 13.2 Å². The molecule has 1 unspecified atom stereocenters. The van der Waals surface area contributed by atoms with Crippen LogP contribution in [0.4, 0.5) is 0 Å². The predicted molar refractivity (Wildman–Crippen MR) is 102 cm³/mol. The molecule has 0 aromatic heterocycles. The maximum Gasteiger partial charge on any atom is 0.338 e. The van der Waals surface area contributed by atoms with Crippen LogP contribution in [0.25, 0.3) is 0 Å². The quantitative estimate of drug-likeness (QED) is 0.502. The van der Waals surface area contributed by atoms with Gasteiger partial charge in [0.2, 0.25) is 0 Å². The molecule has 9 nitrogen and oxygen atoms in total. The predicted octanol–water partition coefficient (Wildman–Crippen LogP) is 0.543. The standard InChI is InChI=1S/C19H22N2O7S/c1-2-3-7-21-17(23)14-5-4-12(9-15(14)18(21)24)19(25)28-10-16(22)20-13-6-8-29(26,27)11-13/h4-5,9,13H,2-3,6-8,10-11H2,1H3,(H,20,22). The van der Waals surface area contributed by atoms with Gasteiger partial charge >= 0.3 is 5.97 Å². The lowest BCUT2D eigenvalue weighted by Crippen LogP contribution is -2.38. The fraction of sp³-hybridized carbons (Fsp3) is 0.474. The first-order chi connectivity index (χ1) is 13.7. The summed E-state index contributed by atoms with van der Waals surface area (Å²) in [6.07, 6.45) is 1.86. The highest BCUT2D eigenvalue weighted by molar-refractivity contribution is 7.91. The largest absolute Gasteiger partial charge is 0.452 e. The number of imide groups is 1. The van der Waals surface area contributed by atoms with E-state index in [1.165, 1.54) is 18.2 Å². The number of nitrogens with zero attached hydrogens (tertiary/aromatic N) is 1.